The summed E-state index contributed by atoms with van der Waals surface area (Å²) in [7, 11) is 0. The van der Waals surface area contributed by atoms with E-state index in [2.05, 4.69) is 15.2 Å². The minimum Gasteiger partial charge on any atom is -0.368 e. The first kappa shape index (κ1) is 17.2. The number of benzene rings is 1. The molecule has 0 spiro atoms. The first-order chi connectivity index (χ1) is 13.1. The van der Waals surface area contributed by atoms with Crippen LogP contribution >= 0.6 is 0 Å². The molecule has 9 nitrogen and oxygen atoms in total. The van der Waals surface area contributed by atoms with E-state index in [1.54, 1.807) is 17.0 Å². The van der Waals surface area contributed by atoms with Crippen LogP contribution < -0.4 is 5.73 Å². The van der Waals surface area contributed by atoms with Gasteiger partial charge in [-0.2, -0.15) is 15.0 Å². The predicted octanol–water partition coefficient (Wildman–Crippen LogP) is 0.519. The van der Waals surface area contributed by atoms with Crippen LogP contribution in [0.3, 0.4) is 0 Å². The van der Waals surface area contributed by atoms with Gasteiger partial charge in [0.25, 0.3) is 0 Å². The van der Waals surface area contributed by atoms with E-state index in [0.717, 1.165) is 29.7 Å². The molecule has 0 bridgehead atoms. The summed E-state index contributed by atoms with van der Waals surface area (Å²) in [6, 6.07) is 7.54. The fourth-order valence-corrected chi connectivity index (χ4v) is 3.59. The van der Waals surface area contributed by atoms with Gasteiger partial charge in [0.1, 0.15) is 29.9 Å². The smallest absolute Gasteiger partial charge is 0.246 e. The fraction of sp³-hybridized carbons (Fsp3) is 0.389. The fourth-order valence-electron chi connectivity index (χ4n) is 3.59. The summed E-state index contributed by atoms with van der Waals surface area (Å²) in [5.41, 5.74) is 6.85. The average molecular weight is 367 g/mol. The summed E-state index contributed by atoms with van der Waals surface area (Å²) < 4.78 is 1.77. The first-order valence-electron chi connectivity index (χ1n) is 8.97. The number of nitrogens with two attached hydrogens (primary N) is 1. The van der Waals surface area contributed by atoms with Crippen LogP contribution in [0.15, 0.2) is 36.7 Å². The van der Waals surface area contributed by atoms with Gasteiger partial charge >= 0.3 is 0 Å². The number of carbonyl (C=O) groups excluding carboxylic acids is 2. The Morgan fingerprint density at radius 2 is 1.89 bits per heavy atom. The molecule has 1 aliphatic heterocycles. The lowest BCUT2D eigenvalue weighted by atomic mass is 9.97. The van der Waals surface area contributed by atoms with Crippen molar-refractivity contribution in [2.45, 2.75) is 31.8 Å². The molecule has 2 amide bonds. The van der Waals surface area contributed by atoms with Crippen LogP contribution in [0.4, 0.5) is 0 Å². The molecule has 0 unspecified atom stereocenters. The molecular formula is C18H21N7O2. The van der Waals surface area contributed by atoms with E-state index in [9.17, 15) is 9.59 Å². The van der Waals surface area contributed by atoms with Crippen molar-refractivity contribution in [2.75, 3.05) is 13.1 Å². The molecule has 1 fully saturated rings. The quantitative estimate of drug-likeness (QED) is 0.706. The number of amides is 2. The van der Waals surface area contributed by atoms with Crippen molar-refractivity contribution >= 4 is 22.8 Å². The van der Waals surface area contributed by atoms with Gasteiger partial charge in [0.2, 0.25) is 11.8 Å². The Morgan fingerprint density at radius 1 is 1.15 bits per heavy atom. The number of carbonyl (C=O) groups is 2. The highest BCUT2D eigenvalue weighted by Gasteiger charge is 2.28. The number of nitrogens with zero attached hydrogens (tertiary/aromatic N) is 6. The summed E-state index contributed by atoms with van der Waals surface area (Å²) in [4.78, 5) is 31.7. The molecule has 1 saturated heterocycles. The molecule has 0 saturated carbocycles. The number of rotatable bonds is 5. The zero-order valence-corrected chi connectivity index (χ0v) is 14.9. The Bertz CT molecular complexity index is 944. The van der Waals surface area contributed by atoms with Crippen LogP contribution in [0.5, 0.6) is 0 Å². The van der Waals surface area contributed by atoms with Crippen LogP contribution in [0.1, 0.15) is 24.6 Å². The molecule has 2 N–H and O–H groups in total. The van der Waals surface area contributed by atoms with E-state index in [-0.39, 0.29) is 24.9 Å². The third-order valence-corrected chi connectivity index (χ3v) is 4.82. The van der Waals surface area contributed by atoms with Crippen molar-refractivity contribution in [1.29, 1.82) is 0 Å². The monoisotopic (exact) mass is 367 g/mol. The van der Waals surface area contributed by atoms with Crippen molar-refractivity contribution in [3.05, 3.63) is 42.5 Å². The van der Waals surface area contributed by atoms with Crippen molar-refractivity contribution in [3.8, 4) is 0 Å². The summed E-state index contributed by atoms with van der Waals surface area (Å²) in [6.45, 7) is 1.47. The number of primary amides is 1. The predicted molar refractivity (Wildman–Crippen MR) is 97.5 cm³/mol. The molecule has 0 radical (unpaired) electrons. The summed E-state index contributed by atoms with van der Waals surface area (Å²) in [5.74, 6) is 0.457. The van der Waals surface area contributed by atoms with Gasteiger partial charge in [0, 0.05) is 31.4 Å². The highest BCUT2D eigenvalue weighted by Crippen LogP contribution is 2.26. The molecule has 140 valence electrons. The summed E-state index contributed by atoms with van der Waals surface area (Å²) >= 11 is 0. The molecule has 3 aromatic rings. The van der Waals surface area contributed by atoms with Gasteiger partial charge in [0.05, 0.1) is 0 Å². The van der Waals surface area contributed by atoms with E-state index in [0.29, 0.717) is 13.1 Å². The molecule has 1 aromatic carbocycles. The Labute approximate surface area is 155 Å². The summed E-state index contributed by atoms with van der Waals surface area (Å²) in [5, 5.41) is 8.71. The molecule has 3 heterocycles. The lowest BCUT2D eigenvalue weighted by molar-refractivity contribution is -0.133. The van der Waals surface area contributed by atoms with E-state index in [1.807, 2.05) is 29.2 Å². The van der Waals surface area contributed by atoms with Gasteiger partial charge in [-0.25, -0.2) is 4.98 Å². The Balaban J connectivity index is 1.45. The van der Waals surface area contributed by atoms with Gasteiger partial charge in [-0.15, -0.1) is 0 Å². The molecule has 27 heavy (non-hydrogen) atoms. The number of likely N-dealkylation sites (tertiary alicyclic amines) is 1. The van der Waals surface area contributed by atoms with Crippen molar-refractivity contribution < 1.29 is 9.59 Å². The lowest BCUT2D eigenvalue weighted by Crippen LogP contribution is -2.41. The molecule has 0 aliphatic carbocycles. The largest absolute Gasteiger partial charge is 0.368 e. The minimum atomic E-state index is -0.408. The second-order valence-corrected chi connectivity index (χ2v) is 6.78. The standard InChI is InChI=1S/C18H21N7O2/c19-16(26)11-24-9-7-20-18(24)13-4-3-8-23(10-13)17(27)12-25-21-14-5-1-2-6-15(14)22-25/h1-2,5-7,9,13H,3-4,8,10-12H2,(H2,19,26)/t13-/m1/s1. The number of imidazole rings is 1. The Morgan fingerprint density at radius 3 is 2.59 bits per heavy atom. The number of piperidine rings is 1. The number of hydrogen-bond acceptors (Lipinski definition) is 5. The lowest BCUT2D eigenvalue weighted by Gasteiger charge is -2.32. The van der Waals surface area contributed by atoms with E-state index < -0.39 is 5.91 Å². The molecule has 2 aromatic heterocycles. The topological polar surface area (TPSA) is 112 Å². The zero-order chi connectivity index (χ0) is 18.8. The minimum absolute atomic E-state index is 0.0204. The van der Waals surface area contributed by atoms with Gasteiger partial charge in [0.15, 0.2) is 0 Å². The van der Waals surface area contributed by atoms with E-state index in [4.69, 9.17) is 5.73 Å². The molecule has 1 atom stereocenters. The maximum atomic E-state index is 12.7. The average Bonchev–Trinajstić information content (AvgIpc) is 3.27. The second kappa shape index (κ2) is 7.18. The molecular weight excluding hydrogens is 346 g/mol. The zero-order valence-electron chi connectivity index (χ0n) is 14.9. The summed E-state index contributed by atoms with van der Waals surface area (Å²) in [6.07, 6.45) is 5.22. The number of hydrogen-bond donors (Lipinski definition) is 1. The maximum Gasteiger partial charge on any atom is 0.246 e. The SMILES string of the molecule is NC(=O)Cn1ccnc1[C@@H]1CCCN(C(=O)Cn2nc3ccccc3n2)C1. The van der Waals surface area contributed by atoms with Gasteiger partial charge < -0.3 is 15.2 Å². The third-order valence-electron chi connectivity index (χ3n) is 4.82. The van der Waals surface area contributed by atoms with Crippen LogP contribution in [-0.2, 0) is 22.7 Å². The number of fused-ring (bicyclic) bond motifs is 1. The maximum absolute atomic E-state index is 12.7. The van der Waals surface area contributed by atoms with Crippen molar-refractivity contribution in [3.63, 3.8) is 0 Å². The van der Waals surface area contributed by atoms with Crippen LogP contribution in [0, 0.1) is 0 Å². The van der Waals surface area contributed by atoms with Crippen molar-refractivity contribution in [1.82, 2.24) is 29.4 Å². The Kier molecular flexibility index (Phi) is 4.57. The van der Waals surface area contributed by atoms with Crippen LogP contribution in [0.2, 0.25) is 0 Å². The normalized spacial score (nSPS) is 17.3. The van der Waals surface area contributed by atoms with Crippen LogP contribution in [0.25, 0.3) is 11.0 Å². The second-order valence-electron chi connectivity index (χ2n) is 6.78. The highest BCUT2D eigenvalue weighted by atomic mass is 16.2. The molecule has 9 heteroatoms. The van der Waals surface area contributed by atoms with Gasteiger partial charge in [-0.3, -0.25) is 9.59 Å². The first-order valence-corrected chi connectivity index (χ1v) is 8.97. The van der Waals surface area contributed by atoms with Gasteiger partial charge in [-0.1, -0.05) is 12.1 Å². The third kappa shape index (κ3) is 3.67. The molecule has 4 rings (SSSR count). The van der Waals surface area contributed by atoms with E-state index >= 15 is 0 Å². The van der Waals surface area contributed by atoms with Crippen molar-refractivity contribution in [2.24, 2.45) is 5.73 Å². The Hall–Kier alpha value is -3.23. The van der Waals surface area contributed by atoms with E-state index in [1.165, 1.54) is 4.80 Å². The van der Waals surface area contributed by atoms with Gasteiger partial charge in [-0.05, 0) is 25.0 Å². The molecule has 1 aliphatic rings. The number of aromatic nitrogens is 5. The highest BCUT2D eigenvalue weighted by molar-refractivity contribution is 5.77. The van der Waals surface area contributed by atoms with Crippen LogP contribution in [-0.4, -0.2) is 54.3 Å².